The lowest BCUT2D eigenvalue weighted by molar-refractivity contribution is -0.119. The van der Waals surface area contributed by atoms with Crippen LogP contribution in [0.2, 0.25) is 0 Å². The number of anilines is 2. The average molecular weight is 603 g/mol. The van der Waals surface area contributed by atoms with Gasteiger partial charge >= 0.3 is 5.97 Å². The first kappa shape index (κ1) is 32.2. The van der Waals surface area contributed by atoms with Gasteiger partial charge in [-0.3, -0.25) is 19.1 Å². The van der Waals surface area contributed by atoms with E-state index in [1.165, 1.54) is 66.9 Å². The Morgan fingerprint density at radius 2 is 1.09 bits per heavy atom. The number of ether oxygens (including phenoxy) is 7. The summed E-state index contributed by atoms with van der Waals surface area (Å²) in [6.45, 7) is 0.616. The van der Waals surface area contributed by atoms with Crippen molar-refractivity contribution in [3.05, 3.63) is 46.4 Å². The van der Waals surface area contributed by atoms with E-state index in [1.54, 1.807) is 6.92 Å². The van der Waals surface area contributed by atoms with Gasteiger partial charge in [0.05, 0.1) is 49.3 Å². The second-order valence-corrected chi connectivity index (χ2v) is 8.65. The number of aromatic nitrogens is 2. The minimum absolute atomic E-state index is 0.0205. The maximum absolute atomic E-state index is 13.2. The highest BCUT2D eigenvalue weighted by atomic mass is 16.5. The Balaban J connectivity index is 1.91. The third-order valence-electron chi connectivity index (χ3n) is 6.04. The number of hydrogen-bond acceptors (Lipinski definition) is 11. The summed E-state index contributed by atoms with van der Waals surface area (Å²) in [5.41, 5.74) is -0.565. The third kappa shape index (κ3) is 7.30. The Hall–Kier alpha value is -5.34. The van der Waals surface area contributed by atoms with E-state index in [4.69, 9.17) is 33.2 Å². The molecule has 0 unspecified atom stereocenters. The molecule has 43 heavy (non-hydrogen) atoms. The Morgan fingerprint density at radius 1 is 0.674 bits per heavy atom. The van der Waals surface area contributed by atoms with Crippen LogP contribution in [0.3, 0.4) is 0 Å². The molecule has 232 valence electrons. The van der Waals surface area contributed by atoms with Crippen molar-refractivity contribution in [2.75, 3.05) is 59.9 Å². The molecule has 3 rings (SSSR count). The number of benzene rings is 2. The first-order valence-electron chi connectivity index (χ1n) is 12.8. The average Bonchev–Trinajstić information content (AvgIpc) is 3.29. The highest BCUT2D eigenvalue weighted by Gasteiger charge is 2.23. The van der Waals surface area contributed by atoms with E-state index in [-0.39, 0.29) is 17.9 Å². The molecular weight excluding hydrogens is 568 g/mol. The summed E-state index contributed by atoms with van der Waals surface area (Å²) >= 11 is 0. The predicted molar refractivity (Wildman–Crippen MR) is 154 cm³/mol. The summed E-state index contributed by atoms with van der Waals surface area (Å²) in [6, 6.07) is 6.07. The molecular formula is C28H34N4O11. The largest absolute Gasteiger partial charge is 0.493 e. The summed E-state index contributed by atoms with van der Waals surface area (Å²) in [7, 11) is 8.61. The Kier molecular flexibility index (Phi) is 10.9. The molecule has 2 amide bonds. The van der Waals surface area contributed by atoms with E-state index >= 15 is 0 Å². The fourth-order valence-corrected chi connectivity index (χ4v) is 4.16. The second kappa shape index (κ2) is 14.5. The minimum atomic E-state index is -0.893. The van der Waals surface area contributed by atoms with Crippen molar-refractivity contribution in [3.63, 3.8) is 0 Å². The zero-order valence-corrected chi connectivity index (χ0v) is 24.9. The van der Waals surface area contributed by atoms with Crippen molar-refractivity contribution in [1.29, 1.82) is 0 Å². The van der Waals surface area contributed by atoms with Crippen molar-refractivity contribution in [2.45, 2.75) is 20.0 Å². The molecule has 2 aromatic carbocycles. The second-order valence-electron chi connectivity index (χ2n) is 8.65. The van der Waals surface area contributed by atoms with Crippen molar-refractivity contribution < 1.29 is 47.5 Å². The van der Waals surface area contributed by atoms with E-state index < -0.39 is 36.4 Å². The Bertz CT molecular complexity index is 1490. The summed E-state index contributed by atoms with van der Waals surface area (Å²) in [6.07, 6.45) is 1.15. The van der Waals surface area contributed by atoms with Crippen LogP contribution in [0.4, 0.5) is 11.4 Å². The molecule has 15 nitrogen and oxygen atoms in total. The van der Waals surface area contributed by atoms with Gasteiger partial charge in [0.1, 0.15) is 18.7 Å². The normalized spacial score (nSPS) is 10.4. The van der Waals surface area contributed by atoms with Gasteiger partial charge in [0.2, 0.25) is 23.3 Å². The van der Waals surface area contributed by atoms with Crippen LogP contribution >= 0.6 is 0 Å². The molecule has 0 atom stereocenters. The fraction of sp³-hybridized carbons (Fsp3) is 0.357. The van der Waals surface area contributed by atoms with Crippen molar-refractivity contribution in [3.8, 4) is 34.5 Å². The number of nitrogens with one attached hydrogen (secondary N) is 2. The van der Waals surface area contributed by atoms with Gasteiger partial charge in [-0.15, -0.1) is 0 Å². The Morgan fingerprint density at radius 3 is 1.47 bits per heavy atom. The van der Waals surface area contributed by atoms with Gasteiger partial charge in [0.25, 0.3) is 5.56 Å². The molecule has 0 radical (unpaired) electrons. The molecule has 2 N–H and O–H groups in total. The van der Waals surface area contributed by atoms with Gasteiger partial charge in [-0.1, -0.05) is 0 Å². The van der Waals surface area contributed by atoms with E-state index in [9.17, 15) is 19.2 Å². The van der Waals surface area contributed by atoms with Crippen LogP contribution in [-0.4, -0.2) is 76.4 Å². The molecule has 3 aromatic rings. The first-order valence-corrected chi connectivity index (χ1v) is 12.8. The topological polar surface area (TPSA) is 167 Å². The summed E-state index contributed by atoms with van der Waals surface area (Å²) in [4.78, 5) is 51.8. The number of esters is 1. The molecule has 0 bridgehead atoms. The van der Waals surface area contributed by atoms with Gasteiger partial charge in [-0.25, -0.2) is 9.48 Å². The van der Waals surface area contributed by atoms with Crippen LogP contribution in [0.15, 0.2) is 35.3 Å². The lowest BCUT2D eigenvalue weighted by Crippen LogP contribution is -2.33. The zero-order valence-electron chi connectivity index (χ0n) is 24.9. The van der Waals surface area contributed by atoms with Gasteiger partial charge in [-0.2, -0.15) is 0 Å². The molecule has 0 spiro atoms. The first-order chi connectivity index (χ1) is 20.6. The summed E-state index contributed by atoms with van der Waals surface area (Å²) < 4.78 is 38.9. The molecule has 0 aliphatic rings. The van der Waals surface area contributed by atoms with Crippen LogP contribution < -0.4 is 44.6 Å². The van der Waals surface area contributed by atoms with Gasteiger partial charge < -0.3 is 43.8 Å². The molecule has 0 fully saturated rings. The maximum atomic E-state index is 13.2. The number of carbonyl (C=O) groups is 3. The van der Waals surface area contributed by atoms with Crippen LogP contribution in [0.25, 0.3) is 0 Å². The van der Waals surface area contributed by atoms with E-state index in [0.29, 0.717) is 40.2 Å². The zero-order chi connectivity index (χ0) is 31.7. The molecule has 1 heterocycles. The highest BCUT2D eigenvalue weighted by Crippen LogP contribution is 2.41. The fourth-order valence-electron chi connectivity index (χ4n) is 4.16. The number of hydrogen-bond donors (Lipinski definition) is 2. The van der Waals surface area contributed by atoms with Gasteiger partial charge in [-0.05, 0) is 6.92 Å². The van der Waals surface area contributed by atoms with E-state index in [0.717, 1.165) is 15.6 Å². The number of carbonyl (C=O) groups excluding carboxylic acids is 3. The monoisotopic (exact) mass is 602 g/mol. The highest BCUT2D eigenvalue weighted by molar-refractivity contribution is 5.93. The number of nitrogens with zero attached hydrogens (tertiary/aromatic N) is 2. The smallest absolute Gasteiger partial charge is 0.345 e. The molecule has 15 heteroatoms. The van der Waals surface area contributed by atoms with Crippen molar-refractivity contribution in [2.24, 2.45) is 0 Å². The number of methoxy groups -OCH3 is 6. The minimum Gasteiger partial charge on any atom is -0.493 e. The summed E-state index contributed by atoms with van der Waals surface area (Å²) in [5.74, 6) is -0.253. The summed E-state index contributed by atoms with van der Waals surface area (Å²) in [5, 5.41) is 5.34. The van der Waals surface area contributed by atoms with Crippen LogP contribution in [0.5, 0.6) is 34.5 Å². The number of amides is 2. The van der Waals surface area contributed by atoms with Crippen LogP contribution in [0, 0.1) is 0 Å². The standard InChI is InChI=1S/C28H34N4O11/c1-8-43-28(36)18-13-31(14-23(33)29-16-9-19(37-2)25(41-6)20(10-16)38-3)32(27(18)35)15-24(34)30-17-11-21(39-4)26(42-7)22(12-17)40-5/h9-13H,8,14-15H2,1-7H3,(H,29,33)(H,30,34). The number of rotatable bonds is 14. The van der Waals surface area contributed by atoms with Crippen LogP contribution in [-0.2, 0) is 27.4 Å². The van der Waals surface area contributed by atoms with Crippen molar-refractivity contribution >= 4 is 29.2 Å². The molecule has 0 saturated carbocycles. The lowest BCUT2D eigenvalue weighted by Gasteiger charge is -2.16. The molecule has 1 aromatic heterocycles. The van der Waals surface area contributed by atoms with Crippen LogP contribution in [0.1, 0.15) is 17.3 Å². The third-order valence-corrected chi connectivity index (χ3v) is 6.04. The van der Waals surface area contributed by atoms with Gasteiger partial charge in [0, 0.05) is 41.8 Å². The molecule has 0 saturated heterocycles. The molecule has 0 aliphatic heterocycles. The molecule has 0 aliphatic carbocycles. The van der Waals surface area contributed by atoms with Crippen molar-refractivity contribution in [1.82, 2.24) is 9.36 Å². The van der Waals surface area contributed by atoms with E-state index in [2.05, 4.69) is 10.6 Å². The van der Waals surface area contributed by atoms with Gasteiger partial charge in [0.15, 0.2) is 23.0 Å². The Labute approximate surface area is 247 Å². The quantitative estimate of drug-likeness (QED) is 0.260. The van der Waals surface area contributed by atoms with E-state index in [1.807, 2.05) is 0 Å². The predicted octanol–water partition coefficient (Wildman–Crippen LogP) is 2.16. The lowest BCUT2D eigenvalue weighted by atomic mass is 10.2. The SMILES string of the molecule is CCOC(=O)c1cn(CC(=O)Nc2cc(OC)c(OC)c(OC)c2)n(CC(=O)Nc2cc(OC)c(OC)c(OC)c2)c1=O. The maximum Gasteiger partial charge on any atom is 0.345 e.